The van der Waals surface area contributed by atoms with Gasteiger partial charge in [0.25, 0.3) is 0 Å². The van der Waals surface area contributed by atoms with E-state index in [0.29, 0.717) is 31.0 Å². The number of hydrogen-bond acceptors (Lipinski definition) is 8. The number of anilines is 1. The van der Waals surface area contributed by atoms with Crippen molar-refractivity contribution in [2.75, 3.05) is 32.3 Å². The van der Waals surface area contributed by atoms with E-state index in [-0.39, 0.29) is 48.4 Å². The molecule has 3 aromatic rings. The Kier molecular flexibility index (Phi) is 10.4. The van der Waals surface area contributed by atoms with Crippen molar-refractivity contribution in [3.8, 4) is 11.6 Å². The molecular weight excluding hydrogens is 610 g/mol. The van der Waals surface area contributed by atoms with Crippen molar-refractivity contribution in [3.05, 3.63) is 58.8 Å². The van der Waals surface area contributed by atoms with Crippen molar-refractivity contribution >= 4 is 17.9 Å². The summed E-state index contributed by atoms with van der Waals surface area (Å²) in [6, 6.07) is 2.03. The highest BCUT2D eigenvalue weighted by molar-refractivity contribution is 6.00. The molecule has 248 valence electrons. The van der Waals surface area contributed by atoms with Gasteiger partial charge >= 0.3 is 6.18 Å². The SMILES string of the molecule is COCC(COC)N(c1cc(F)c(Oc2ncc(Cn3ncc(C4CC4)n3)cc2C(F)(F)F)cc1C=O)C(=O)[C@H]1CC[C@H](C)CC1. The number of carbonyl (C=O) groups is 2. The topological polar surface area (TPSA) is 109 Å². The van der Waals surface area contributed by atoms with E-state index in [0.717, 1.165) is 49.6 Å². The lowest BCUT2D eigenvalue weighted by atomic mass is 9.82. The summed E-state index contributed by atoms with van der Waals surface area (Å²) in [6.07, 6.45) is 3.23. The van der Waals surface area contributed by atoms with Crippen molar-refractivity contribution < 1.29 is 41.4 Å². The zero-order valence-electron chi connectivity index (χ0n) is 25.9. The number of ether oxygens (including phenoxy) is 3. The summed E-state index contributed by atoms with van der Waals surface area (Å²) in [7, 11) is 2.89. The van der Waals surface area contributed by atoms with Gasteiger partial charge in [0.15, 0.2) is 17.9 Å². The standard InChI is InChI=1S/C32H37F4N5O5/c1-19-4-6-22(7-5-19)31(43)41(24(17-44-2)18-45-3)28-12-26(33)29(11-23(28)16-42)46-30-25(32(34,35)36)10-20(13-37-30)15-40-38-14-27(39-40)21-8-9-21/h10-14,16,19,21-22,24H,4-9,15,17-18H2,1-3H3/t19-,22-. The molecule has 14 heteroatoms. The molecule has 5 rings (SSSR count). The predicted molar refractivity (Wildman–Crippen MR) is 158 cm³/mol. The smallest absolute Gasteiger partial charge is 0.421 e. The van der Waals surface area contributed by atoms with E-state index in [4.69, 9.17) is 14.2 Å². The fraction of sp³-hybridized carbons (Fsp3) is 0.531. The maximum absolute atomic E-state index is 15.7. The number of nitrogens with zero attached hydrogens (tertiary/aromatic N) is 5. The zero-order chi connectivity index (χ0) is 33.0. The second-order valence-electron chi connectivity index (χ2n) is 12.1. The molecule has 2 heterocycles. The Hall–Kier alpha value is -3.91. The lowest BCUT2D eigenvalue weighted by Gasteiger charge is -2.36. The molecule has 0 atom stereocenters. The number of rotatable bonds is 13. The van der Waals surface area contributed by atoms with Gasteiger partial charge < -0.3 is 19.1 Å². The molecule has 0 saturated heterocycles. The predicted octanol–water partition coefficient (Wildman–Crippen LogP) is 6.18. The van der Waals surface area contributed by atoms with E-state index in [1.165, 1.54) is 30.1 Å². The number of aldehydes is 1. The van der Waals surface area contributed by atoms with Gasteiger partial charge in [0.1, 0.15) is 5.56 Å². The first-order valence-corrected chi connectivity index (χ1v) is 15.3. The highest BCUT2D eigenvalue weighted by Crippen LogP contribution is 2.41. The van der Waals surface area contributed by atoms with Crippen LogP contribution >= 0.6 is 0 Å². The van der Waals surface area contributed by atoms with Crippen molar-refractivity contribution in [1.82, 2.24) is 20.0 Å². The number of benzene rings is 1. The van der Waals surface area contributed by atoms with E-state index >= 15 is 4.39 Å². The number of carbonyl (C=O) groups excluding carboxylic acids is 2. The van der Waals surface area contributed by atoms with E-state index in [2.05, 4.69) is 22.1 Å². The van der Waals surface area contributed by atoms with Gasteiger partial charge in [0.05, 0.1) is 43.4 Å². The van der Waals surface area contributed by atoms with Crippen LogP contribution in [0.25, 0.3) is 0 Å². The van der Waals surface area contributed by atoms with Gasteiger partial charge in [-0.3, -0.25) is 9.59 Å². The Morgan fingerprint density at radius 2 is 1.76 bits per heavy atom. The maximum Gasteiger partial charge on any atom is 0.421 e. The molecular formula is C32H37F4N5O5. The quantitative estimate of drug-likeness (QED) is 0.160. The summed E-state index contributed by atoms with van der Waals surface area (Å²) in [5.74, 6) is -2.51. The molecule has 0 spiro atoms. The zero-order valence-corrected chi connectivity index (χ0v) is 25.9. The van der Waals surface area contributed by atoms with Gasteiger partial charge in [-0.2, -0.15) is 28.2 Å². The van der Waals surface area contributed by atoms with E-state index < -0.39 is 35.2 Å². The Labute approximate surface area is 264 Å². The summed E-state index contributed by atoms with van der Waals surface area (Å²) < 4.78 is 74.2. The number of aromatic nitrogens is 4. The first-order chi connectivity index (χ1) is 22.0. The monoisotopic (exact) mass is 647 g/mol. The average Bonchev–Trinajstić information content (AvgIpc) is 3.77. The maximum atomic E-state index is 15.7. The first kappa shape index (κ1) is 33.5. The minimum atomic E-state index is -4.90. The molecule has 0 unspecified atom stereocenters. The van der Waals surface area contributed by atoms with Crippen LogP contribution in [0, 0.1) is 17.7 Å². The highest BCUT2D eigenvalue weighted by Gasteiger charge is 2.38. The molecule has 2 aliphatic rings. The molecule has 2 aromatic heterocycles. The number of halogens is 4. The van der Waals surface area contributed by atoms with Crippen molar-refractivity contribution in [2.45, 2.75) is 70.1 Å². The third-order valence-electron chi connectivity index (χ3n) is 8.45. The molecule has 2 aliphatic carbocycles. The molecule has 1 amide bonds. The number of hydrogen-bond donors (Lipinski definition) is 0. The van der Waals surface area contributed by atoms with E-state index in [1.807, 2.05) is 0 Å². The van der Waals surface area contributed by atoms with Crippen LogP contribution in [-0.2, 0) is 27.0 Å². The lowest BCUT2D eigenvalue weighted by Crippen LogP contribution is -2.49. The summed E-state index contributed by atoms with van der Waals surface area (Å²) in [5.41, 5.74) is -0.500. The van der Waals surface area contributed by atoms with Gasteiger partial charge in [-0.25, -0.2) is 9.37 Å². The fourth-order valence-electron chi connectivity index (χ4n) is 5.81. The van der Waals surface area contributed by atoms with Crippen LogP contribution in [0.3, 0.4) is 0 Å². The molecule has 10 nitrogen and oxygen atoms in total. The minimum absolute atomic E-state index is 0.0298. The van der Waals surface area contributed by atoms with Gasteiger partial charge in [-0.1, -0.05) is 6.92 Å². The second-order valence-corrected chi connectivity index (χ2v) is 12.1. The lowest BCUT2D eigenvalue weighted by molar-refractivity contribution is -0.139. The summed E-state index contributed by atoms with van der Waals surface area (Å²) in [5, 5.41) is 8.45. The normalized spacial score (nSPS) is 18.5. The largest absolute Gasteiger partial charge is 0.435 e. The molecule has 0 radical (unpaired) electrons. The number of methoxy groups -OCH3 is 2. The van der Waals surface area contributed by atoms with Crippen LogP contribution in [-0.4, -0.2) is 65.6 Å². The van der Waals surface area contributed by atoms with Crippen molar-refractivity contribution in [3.63, 3.8) is 0 Å². The van der Waals surface area contributed by atoms with Gasteiger partial charge in [0, 0.05) is 43.9 Å². The Morgan fingerprint density at radius 3 is 2.37 bits per heavy atom. The molecule has 2 fully saturated rings. The van der Waals surface area contributed by atoms with E-state index in [1.54, 1.807) is 6.20 Å². The summed E-state index contributed by atoms with van der Waals surface area (Å²) in [6.45, 7) is 2.11. The molecule has 2 saturated carbocycles. The number of amides is 1. The Bertz CT molecular complexity index is 1530. The van der Waals surface area contributed by atoms with Crippen LogP contribution in [0.2, 0.25) is 0 Å². The van der Waals surface area contributed by atoms with Gasteiger partial charge in [-0.05, 0) is 62.1 Å². The molecule has 0 aliphatic heterocycles. The highest BCUT2D eigenvalue weighted by atomic mass is 19.4. The van der Waals surface area contributed by atoms with Gasteiger partial charge in [-0.15, -0.1) is 0 Å². The van der Waals surface area contributed by atoms with Crippen LogP contribution in [0.4, 0.5) is 23.2 Å². The number of pyridine rings is 1. The van der Waals surface area contributed by atoms with Crippen molar-refractivity contribution in [2.24, 2.45) is 11.8 Å². The fourth-order valence-corrected chi connectivity index (χ4v) is 5.81. The van der Waals surface area contributed by atoms with Crippen LogP contribution in [0.1, 0.15) is 78.5 Å². The first-order valence-electron chi connectivity index (χ1n) is 15.3. The third-order valence-corrected chi connectivity index (χ3v) is 8.45. The summed E-state index contributed by atoms with van der Waals surface area (Å²) >= 11 is 0. The third kappa shape index (κ3) is 7.72. The molecule has 0 N–H and O–H groups in total. The molecule has 1 aromatic carbocycles. The van der Waals surface area contributed by atoms with Crippen LogP contribution in [0.15, 0.2) is 30.6 Å². The van der Waals surface area contributed by atoms with Gasteiger partial charge in [0.2, 0.25) is 11.8 Å². The van der Waals surface area contributed by atoms with Crippen LogP contribution in [0.5, 0.6) is 11.6 Å². The summed E-state index contributed by atoms with van der Waals surface area (Å²) in [4.78, 5) is 32.7. The Balaban J connectivity index is 1.46. The Morgan fingerprint density at radius 1 is 1.07 bits per heavy atom. The van der Waals surface area contributed by atoms with Crippen molar-refractivity contribution in [1.29, 1.82) is 0 Å². The van der Waals surface area contributed by atoms with Crippen LogP contribution < -0.4 is 9.64 Å². The second kappa shape index (κ2) is 14.2. The molecule has 46 heavy (non-hydrogen) atoms. The average molecular weight is 648 g/mol. The minimum Gasteiger partial charge on any atom is -0.435 e. The van der Waals surface area contributed by atoms with E-state index in [9.17, 15) is 22.8 Å². The number of alkyl halides is 3. The molecule has 0 bridgehead atoms.